The van der Waals surface area contributed by atoms with Crippen LogP contribution in [0.3, 0.4) is 0 Å². The predicted molar refractivity (Wildman–Crippen MR) is 68.9 cm³/mol. The van der Waals surface area contributed by atoms with Gasteiger partial charge in [-0.1, -0.05) is 13.0 Å². The summed E-state index contributed by atoms with van der Waals surface area (Å²) in [5, 5.41) is 8.13. The molecule has 0 aliphatic carbocycles. The highest BCUT2D eigenvalue weighted by molar-refractivity contribution is 7.10. The van der Waals surface area contributed by atoms with Crippen LogP contribution in [0, 0.1) is 0 Å². The minimum atomic E-state index is -0.430. The van der Waals surface area contributed by atoms with Gasteiger partial charge in [-0.3, -0.25) is 4.79 Å². The molecule has 1 aromatic rings. The first-order valence-corrected chi connectivity index (χ1v) is 6.50. The Bertz CT molecular complexity index is 320. The molecule has 1 rings (SSSR count). The molecule has 1 heterocycles. The lowest BCUT2D eigenvalue weighted by Crippen LogP contribution is -2.42. The van der Waals surface area contributed by atoms with E-state index in [1.807, 2.05) is 31.4 Å². The van der Waals surface area contributed by atoms with E-state index >= 15 is 0 Å². The molecule has 0 unspecified atom stereocenters. The van der Waals surface area contributed by atoms with E-state index in [2.05, 4.69) is 17.6 Å². The number of rotatable bonds is 6. The lowest BCUT2D eigenvalue weighted by molar-refractivity contribution is -0.125. The molecule has 3 nitrogen and oxygen atoms in total. The molecule has 90 valence electrons. The SMILES string of the molecule is CCNCCNC(=O)C(C)(C)c1cccs1. The first kappa shape index (κ1) is 13.2. The number of thiophene rings is 1. The van der Waals surface area contributed by atoms with Crippen LogP contribution in [-0.4, -0.2) is 25.5 Å². The van der Waals surface area contributed by atoms with Crippen molar-refractivity contribution in [1.82, 2.24) is 10.6 Å². The molecular weight excluding hydrogens is 220 g/mol. The monoisotopic (exact) mass is 240 g/mol. The van der Waals surface area contributed by atoms with Crippen LogP contribution in [0.2, 0.25) is 0 Å². The fourth-order valence-electron chi connectivity index (χ4n) is 1.41. The standard InChI is InChI=1S/C12H20N2OS/c1-4-13-7-8-14-11(15)12(2,3)10-6-5-9-16-10/h5-6,9,13H,4,7-8H2,1-3H3,(H,14,15). The highest BCUT2D eigenvalue weighted by Gasteiger charge is 2.30. The summed E-state index contributed by atoms with van der Waals surface area (Å²) in [7, 11) is 0. The van der Waals surface area contributed by atoms with Gasteiger partial charge in [0.15, 0.2) is 0 Å². The van der Waals surface area contributed by atoms with Gasteiger partial charge in [0.25, 0.3) is 0 Å². The topological polar surface area (TPSA) is 41.1 Å². The Kier molecular flexibility index (Phi) is 4.96. The summed E-state index contributed by atoms with van der Waals surface area (Å²) in [6.07, 6.45) is 0. The zero-order chi connectivity index (χ0) is 12.0. The van der Waals surface area contributed by atoms with Crippen molar-refractivity contribution in [2.24, 2.45) is 0 Å². The van der Waals surface area contributed by atoms with Gasteiger partial charge < -0.3 is 10.6 Å². The van der Waals surface area contributed by atoms with Crippen molar-refractivity contribution in [1.29, 1.82) is 0 Å². The molecule has 1 aromatic heterocycles. The zero-order valence-corrected chi connectivity index (χ0v) is 11.0. The molecule has 0 fully saturated rings. The molecule has 0 bridgehead atoms. The van der Waals surface area contributed by atoms with Gasteiger partial charge in [-0.2, -0.15) is 0 Å². The molecule has 16 heavy (non-hydrogen) atoms. The lowest BCUT2D eigenvalue weighted by Gasteiger charge is -2.22. The smallest absolute Gasteiger partial charge is 0.230 e. The highest BCUT2D eigenvalue weighted by Crippen LogP contribution is 2.27. The predicted octanol–water partition coefficient (Wildman–Crippen LogP) is 1.75. The summed E-state index contributed by atoms with van der Waals surface area (Å²) < 4.78 is 0. The first-order chi connectivity index (χ1) is 7.59. The number of nitrogens with one attached hydrogen (secondary N) is 2. The van der Waals surface area contributed by atoms with E-state index in [4.69, 9.17) is 0 Å². The van der Waals surface area contributed by atoms with E-state index in [9.17, 15) is 4.79 Å². The van der Waals surface area contributed by atoms with E-state index < -0.39 is 5.41 Å². The van der Waals surface area contributed by atoms with Gasteiger partial charge in [0, 0.05) is 18.0 Å². The van der Waals surface area contributed by atoms with E-state index in [0.29, 0.717) is 6.54 Å². The summed E-state index contributed by atoms with van der Waals surface area (Å²) in [5.41, 5.74) is -0.430. The Hall–Kier alpha value is -0.870. The van der Waals surface area contributed by atoms with Crippen LogP contribution in [0.4, 0.5) is 0 Å². The maximum atomic E-state index is 12.0. The van der Waals surface area contributed by atoms with Crippen LogP contribution in [0.5, 0.6) is 0 Å². The number of amides is 1. The second kappa shape index (κ2) is 6.01. The van der Waals surface area contributed by atoms with Crippen molar-refractivity contribution in [3.63, 3.8) is 0 Å². The number of carbonyl (C=O) groups excluding carboxylic acids is 1. The Morgan fingerprint density at radius 2 is 2.19 bits per heavy atom. The Balaban J connectivity index is 2.46. The van der Waals surface area contributed by atoms with Gasteiger partial charge >= 0.3 is 0 Å². The molecule has 1 amide bonds. The number of hydrogen-bond acceptors (Lipinski definition) is 3. The summed E-state index contributed by atoms with van der Waals surface area (Å²) in [6.45, 7) is 8.41. The first-order valence-electron chi connectivity index (χ1n) is 5.62. The molecule has 0 aromatic carbocycles. The second-order valence-corrected chi connectivity index (χ2v) is 5.16. The molecular formula is C12H20N2OS. The van der Waals surface area contributed by atoms with E-state index in [-0.39, 0.29) is 5.91 Å². The molecule has 0 saturated heterocycles. The van der Waals surface area contributed by atoms with Crippen molar-refractivity contribution in [2.45, 2.75) is 26.2 Å². The largest absolute Gasteiger partial charge is 0.354 e. The molecule has 0 radical (unpaired) electrons. The number of carbonyl (C=O) groups is 1. The van der Waals surface area contributed by atoms with Gasteiger partial charge in [0.05, 0.1) is 5.41 Å². The highest BCUT2D eigenvalue weighted by atomic mass is 32.1. The van der Waals surface area contributed by atoms with Gasteiger partial charge in [-0.25, -0.2) is 0 Å². The lowest BCUT2D eigenvalue weighted by atomic mass is 9.90. The Labute approximate surface area is 101 Å². The van der Waals surface area contributed by atoms with Crippen LogP contribution >= 0.6 is 11.3 Å². The van der Waals surface area contributed by atoms with Crippen molar-refractivity contribution < 1.29 is 4.79 Å². The van der Waals surface area contributed by atoms with E-state index in [1.165, 1.54) is 0 Å². The number of hydrogen-bond donors (Lipinski definition) is 2. The summed E-state index contributed by atoms with van der Waals surface area (Å²) >= 11 is 1.63. The van der Waals surface area contributed by atoms with Crippen LogP contribution in [0.15, 0.2) is 17.5 Å². The third-order valence-corrected chi connectivity index (χ3v) is 3.74. The number of likely N-dealkylation sites (N-methyl/N-ethyl adjacent to an activating group) is 1. The van der Waals surface area contributed by atoms with Crippen molar-refractivity contribution in [2.75, 3.05) is 19.6 Å². The second-order valence-electron chi connectivity index (χ2n) is 4.21. The van der Waals surface area contributed by atoms with Gasteiger partial charge in [0.2, 0.25) is 5.91 Å². The normalized spacial score (nSPS) is 11.4. The minimum Gasteiger partial charge on any atom is -0.354 e. The molecule has 4 heteroatoms. The minimum absolute atomic E-state index is 0.0906. The van der Waals surface area contributed by atoms with Gasteiger partial charge in [-0.15, -0.1) is 11.3 Å². The van der Waals surface area contributed by atoms with Crippen LogP contribution in [0.1, 0.15) is 25.6 Å². The quantitative estimate of drug-likeness (QED) is 0.744. The fourth-order valence-corrected chi connectivity index (χ4v) is 2.26. The molecule has 0 spiro atoms. The Morgan fingerprint density at radius 1 is 1.44 bits per heavy atom. The third-order valence-electron chi connectivity index (χ3n) is 2.54. The van der Waals surface area contributed by atoms with Crippen LogP contribution in [-0.2, 0) is 10.2 Å². The molecule has 0 atom stereocenters. The van der Waals surface area contributed by atoms with Crippen molar-refractivity contribution >= 4 is 17.2 Å². The molecule has 0 aliphatic heterocycles. The maximum Gasteiger partial charge on any atom is 0.230 e. The van der Waals surface area contributed by atoms with Gasteiger partial charge in [0.1, 0.15) is 0 Å². The average Bonchev–Trinajstić information content (AvgIpc) is 2.77. The van der Waals surface area contributed by atoms with E-state index in [0.717, 1.165) is 18.0 Å². The molecule has 0 aliphatic rings. The molecule has 2 N–H and O–H groups in total. The summed E-state index contributed by atoms with van der Waals surface area (Å²) in [4.78, 5) is 13.1. The third kappa shape index (κ3) is 3.32. The van der Waals surface area contributed by atoms with Crippen LogP contribution in [0.25, 0.3) is 0 Å². The average molecular weight is 240 g/mol. The fraction of sp³-hybridized carbons (Fsp3) is 0.583. The maximum absolute atomic E-state index is 12.0. The van der Waals surface area contributed by atoms with Gasteiger partial charge in [-0.05, 0) is 31.8 Å². The molecule has 0 saturated carbocycles. The van der Waals surface area contributed by atoms with Crippen molar-refractivity contribution in [3.8, 4) is 0 Å². The van der Waals surface area contributed by atoms with E-state index in [1.54, 1.807) is 11.3 Å². The summed E-state index contributed by atoms with van der Waals surface area (Å²) in [6, 6.07) is 3.99. The zero-order valence-electron chi connectivity index (χ0n) is 10.2. The summed E-state index contributed by atoms with van der Waals surface area (Å²) in [5.74, 6) is 0.0906. The Morgan fingerprint density at radius 3 is 2.75 bits per heavy atom. The van der Waals surface area contributed by atoms with Crippen molar-refractivity contribution in [3.05, 3.63) is 22.4 Å². The van der Waals surface area contributed by atoms with Crippen LogP contribution < -0.4 is 10.6 Å².